The average Bonchev–Trinajstić information content (AvgIpc) is 2.69. The maximum Gasteiger partial charge on any atom is 0.255 e. The van der Waals surface area contributed by atoms with E-state index in [2.05, 4.69) is 10.0 Å². The van der Waals surface area contributed by atoms with Crippen molar-refractivity contribution in [3.63, 3.8) is 0 Å². The molecule has 3 aromatic carbocycles. The maximum atomic E-state index is 12.6. The molecule has 150 valence electrons. The van der Waals surface area contributed by atoms with Crippen LogP contribution in [0.5, 0.6) is 0 Å². The van der Waals surface area contributed by atoms with Crippen LogP contribution < -0.4 is 10.0 Å². The number of amides is 1. The lowest BCUT2D eigenvalue weighted by atomic mass is 10.1. The van der Waals surface area contributed by atoms with Gasteiger partial charge in [0.25, 0.3) is 5.91 Å². The van der Waals surface area contributed by atoms with Crippen molar-refractivity contribution in [1.82, 2.24) is 4.72 Å². The Labute approximate surface area is 179 Å². The number of hydrogen-bond acceptors (Lipinski definition) is 3. The molecular weight excluding hydrogens is 431 g/mol. The second kappa shape index (κ2) is 8.97. The highest BCUT2D eigenvalue weighted by molar-refractivity contribution is 7.89. The Hall–Kier alpha value is -2.38. The van der Waals surface area contributed by atoms with Gasteiger partial charge in [-0.1, -0.05) is 41.4 Å². The molecule has 0 bridgehead atoms. The summed E-state index contributed by atoms with van der Waals surface area (Å²) in [6.07, 6.45) is 0. The third kappa shape index (κ3) is 5.36. The fraction of sp³-hybridized carbons (Fsp3) is 0.0952. The summed E-state index contributed by atoms with van der Waals surface area (Å²) >= 11 is 11.9. The Morgan fingerprint density at radius 2 is 1.66 bits per heavy atom. The Morgan fingerprint density at radius 3 is 2.31 bits per heavy atom. The van der Waals surface area contributed by atoms with Gasteiger partial charge in [0.2, 0.25) is 10.0 Å². The van der Waals surface area contributed by atoms with Crippen molar-refractivity contribution in [2.75, 3.05) is 5.32 Å². The van der Waals surface area contributed by atoms with E-state index in [0.717, 1.165) is 0 Å². The van der Waals surface area contributed by atoms with E-state index in [0.29, 0.717) is 32.4 Å². The molecule has 0 saturated carbocycles. The Kier molecular flexibility index (Phi) is 6.59. The zero-order chi connectivity index (χ0) is 21.0. The number of nitrogens with one attached hydrogen (secondary N) is 2. The molecule has 0 spiro atoms. The van der Waals surface area contributed by atoms with Gasteiger partial charge < -0.3 is 5.32 Å². The average molecular weight is 449 g/mol. The maximum absolute atomic E-state index is 12.6. The lowest BCUT2D eigenvalue weighted by Gasteiger charge is -2.12. The van der Waals surface area contributed by atoms with Crippen LogP contribution in [-0.2, 0) is 16.6 Å². The highest BCUT2D eigenvalue weighted by atomic mass is 35.5. The van der Waals surface area contributed by atoms with Crippen LogP contribution in [0, 0.1) is 6.92 Å². The summed E-state index contributed by atoms with van der Waals surface area (Å²) in [7, 11) is -3.74. The second-order valence-corrected chi connectivity index (χ2v) is 8.96. The van der Waals surface area contributed by atoms with E-state index in [4.69, 9.17) is 23.2 Å². The first-order valence-corrected chi connectivity index (χ1v) is 10.9. The van der Waals surface area contributed by atoms with E-state index >= 15 is 0 Å². The normalized spacial score (nSPS) is 11.3. The molecule has 3 aromatic rings. The van der Waals surface area contributed by atoms with Crippen molar-refractivity contribution < 1.29 is 13.2 Å². The number of halogens is 2. The summed E-state index contributed by atoms with van der Waals surface area (Å²) in [5.41, 5.74) is 2.27. The Bertz CT molecular complexity index is 1150. The fourth-order valence-electron chi connectivity index (χ4n) is 2.64. The topological polar surface area (TPSA) is 75.3 Å². The molecule has 29 heavy (non-hydrogen) atoms. The van der Waals surface area contributed by atoms with E-state index < -0.39 is 10.0 Å². The van der Waals surface area contributed by atoms with Gasteiger partial charge in [0.05, 0.1) is 4.90 Å². The molecule has 3 rings (SSSR count). The lowest BCUT2D eigenvalue weighted by molar-refractivity contribution is 0.102. The van der Waals surface area contributed by atoms with Crippen molar-refractivity contribution in [2.45, 2.75) is 18.4 Å². The van der Waals surface area contributed by atoms with Crippen LogP contribution in [0.1, 0.15) is 21.5 Å². The molecule has 0 heterocycles. The summed E-state index contributed by atoms with van der Waals surface area (Å²) in [4.78, 5) is 12.5. The SMILES string of the molecule is Cc1cc(S(=O)(=O)NCc2ccccc2Cl)ccc1NC(=O)c1ccc(Cl)cc1. The quantitative estimate of drug-likeness (QED) is 0.554. The first-order chi connectivity index (χ1) is 13.8. The molecule has 0 aliphatic rings. The van der Waals surface area contributed by atoms with Gasteiger partial charge in [0.1, 0.15) is 0 Å². The molecule has 0 aliphatic heterocycles. The summed E-state index contributed by atoms with van der Waals surface area (Å²) in [6.45, 7) is 1.81. The van der Waals surface area contributed by atoms with Gasteiger partial charge in [-0.05, 0) is 66.6 Å². The molecule has 0 saturated heterocycles. The third-order valence-corrected chi connectivity index (χ3v) is 6.29. The number of benzene rings is 3. The first-order valence-electron chi connectivity index (χ1n) is 8.67. The number of carbonyl (C=O) groups is 1. The highest BCUT2D eigenvalue weighted by Gasteiger charge is 2.16. The van der Waals surface area contributed by atoms with Crippen LogP contribution in [-0.4, -0.2) is 14.3 Å². The molecule has 0 aromatic heterocycles. The fourth-order valence-corrected chi connectivity index (χ4v) is 4.06. The van der Waals surface area contributed by atoms with Crippen molar-refractivity contribution in [3.8, 4) is 0 Å². The number of aryl methyl sites for hydroxylation is 1. The Morgan fingerprint density at radius 1 is 0.966 bits per heavy atom. The minimum atomic E-state index is -3.74. The molecule has 0 unspecified atom stereocenters. The minimum absolute atomic E-state index is 0.0795. The molecule has 8 heteroatoms. The molecular formula is C21H18Cl2N2O3S. The molecule has 1 amide bonds. The summed E-state index contributed by atoms with van der Waals surface area (Å²) in [6, 6.07) is 18.0. The van der Waals surface area contributed by atoms with Crippen LogP contribution in [0.25, 0.3) is 0 Å². The molecule has 0 fully saturated rings. The van der Waals surface area contributed by atoms with Gasteiger partial charge in [-0.25, -0.2) is 13.1 Å². The third-order valence-electron chi connectivity index (χ3n) is 4.27. The van der Waals surface area contributed by atoms with Gasteiger partial charge >= 0.3 is 0 Å². The lowest BCUT2D eigenvalue weighted by Crippen LogP contribution is -2.23. The van der Waals surface area contributed by atoms with Crippen LogP contribution in [0.2, 0.25) is 10.0 Å². The highest BCUT2D eigenvalue weighted by Crippen LogP contribution is 2.22. The largest absolute Gasteiger partial charge is 0.322 e. The number of sulfonamides is 1. The Balaban J connectivity index is 1.73. The standard InChI is InChI=1S/C21H18Cl2N2O3S/c1-14-12-18(29(27,28)24-13-16-4-2-3-5-19(16)23)10-11-20(14)25-21(26)15-6-8-17(22)9-7-15/h2-12,24H,13H2,1H3,(H,25,26). The van der Waals surface area contributed by atoms with Crippen molar-refractivity contribution in [2.24, 2.45) is 0 Å². The molecule has 5 nitrogen and oxygen atoms in total. The van der Waals surface area contributed by atoms with E-state index in [-0.39, 0.29) is 17.3 Å². The van der Waals surface area contributed by atoms with Crippen LogP contribution in [0.4, 0.5) is 5.69 Å². The minimum Gasteiger partial charge on any atom is -0.322 e. The van der Waals surface area contributed by atoms with Crippen LogP contribution in [0.15, 0.2) is 71.6 Å². The van der Waals surface area contributed by atoms with E-state index in [1.165, 1.54) is 12.1 Å². The molecule has 0 atom stereocenters. The number of carbonyl (C=O) groups excluding carboxylic acids is 1. The van der Waals surface area contributed by atoms with E-state index in [1.54, 1.807) is 61.5 Å². The van der Waals surface area contributed by atoms with Crippen molar-refractivity contribution in [3.05, 3.63) is 93.5 Å². The number of anilines is 1. The first kappa shape index (κ1) is 21.3. The predicted molar refractivity (Wildman–Crippen MR) is 116 cm³/mol. The summed E-state index contributed by atoms with van der Waals surface area (Å²) < 4.78 is 27.7. The second-order valence-electron chi connectivity index (χ2n) is 6.35. The molecule has 0 aliphatic carbocycles. The zero-order valence-corrected chi connectivity index (χ0v) is 17.8. The van der Waals surface area contributed by atoms with Gasteiger partial charge in [-0.3, -0.25) is 4.79 Å². The summed E-state index contributed by atoms with van der Waals surface area (Å²) in [5.74, 6) is -0.308. The number of hydrogen-bond donors (Lipinski definition) is 2. The summed E-state index contributed by atoms with van der Waals surface area (Å²) in [5, 5.41) is 3.81. The smallest absolute Gasteiger partial charge is 0.255 e. The van der Waals surface area contributed by atoms with Gasteiger partial charge in [0.15, 0.2) is 0 Å². The molecule has 0 radical (unpaired) electrons. The van der Waals surface area contributed by atoms with E-state index in [9.17, 15) is 13.2 Å². The predicted octanol–water partition coefficient (Wildman–Crippen LogP) is 5.03. The monoisotopic (exact) mass is 448 g/mol. The van der Waals surface area contributed by atoms with E-state index in [1.807, 2.05) is 0 Å². The van der Waals surface area contributed by atoms with Crippen LogP contribution >= 0.6 is 23.2 Å². The van der Waals surface area contributed by atoms with Gasteiger partial charge in [-0.15, -0.1) is 0 Å². The van der Waals surface area contributed by atoms with Crippen molar-refractivity contribution in [1.29, 1.82) is 0 Å². The van der Waals surface area contributed by atoms with Crippen LogP contribution in [0.3, 0.4) is 0 Å². The zero-order valence-electron chi connectivity index (χ0n) is 15.4. The van der Waals surface area contributed by atoms with Gasteiger partial charge in [-0.2, -0.15) is 0 Å². The number of rotatable bonds is 6. The van der Waals surface area contributed by atoms with Crippen molar-refractivity contribution >= 4 is 44.8 Å². The molecule has 2 N–H and O–H groups in total. The van der Waals surface area contributed by atoms with Gasteiger partial charge in [0, 0.05) is 27.8 Å².